The maximum atomic E-state index is 12.1. The first-order valence-electron chi connectivity index (χ1n) is 6.46. The smallest absolute Gasteiger partial charge is 0.315 e. The lowest BCUT2D eigenvalue weighted by atomic mass is 10.4. The predicted octanol–water partition coefficient (Wildman–Crippen LogP) is 0.936. The number of aromatic nitrogens is 2. The van der Waals surface area contributed by atoms with Crippen molar-refractivity contribution in [1.29, 1.82) is 0 Å². The fraction of sp³-hybridized carbons (Fsp3) is 0.308. The zero-order valence-corrected chi connectivity index (χ0v) is 11.8. The molecule has 3 rings (SSSR count). The molecule has 1 heterocycles. The second kappa shape index (κ2) is 5.28. The van der Waals surface area contributed by atoms with Gasteiger partial charge in [0, 0.05) is 6.04 Å². The Morgan fingerprint density at radius 1 is 1.29 bits per heavy atom. The zero-order chi connectivity index (χ0) is 14.9. The van der Waals surface area contributed by atoms with Crippen LogP contribution in [-0.2, 0) is 15.6 Å². The first kappa shape index (κ1) is 13.7. The van der Waals surface area contributed by atoms with Gasteiger partial charge in [-0.3, -0.25) is 4.79 Å². The largest absolute Gasteiger partial charge is 0.345 e. The van der Waals surface area contributed by atoms with Crippen molar-refractivity contribution in [3.8, 4) is 0 Å². The number of carbonyl (C=O) groups is 1. The van der Waals surface area contributed by atoms with E-state index in [1.165, 1.54) is 12.1 Å². The molecule has 0 spiro atoms. The lowest BCUT2D eigenvalue weighted by Crippen LogP contribution is -2.25. The van der Waals surface area contributed by atoms with Crippen LogP contribution < -0.4 is 5.32 Å². The Hall–Kier alpha value is -2.22. The average Bonchev–Trinajstić information content (AvgIpc) is 3.16. The summed E-state index contributed by atoms with van der Waals surface area (Å²) >= 11 is 0. The van der Waals surface area contributed by atoms with Gasteiger partial charge >= 0.3 is 11.8 Å². The normalized spacial score (nSPS) is 14.9. The molecule has 0 aliphatic heterocycles. The number of rotatable bonds is 5. The number of hydrogen-bond donors (Lipinski definition) is 1. The van der Waals surface area contributed by atoms with Crippen LogP contribution in [0.1, 0.15) is 29.4 Å². The molecule has 7 nitrogen and oxygen atoms in total. The van der Waals surface area contributed by atoms with E-state index in [-0.39, 0.29) is 22.7 Å². The molecule has 1 amide bonds. The van der Waals surface area contributed by atoms with Gasteiger partial charge in [0.2, 0.25) is 0 Å². The Labute approximate surface area is 121 Å². The topological polar surface area (TPSA) is 102 Å². The van der Waals surface area contributed by atoms with E-state index in [0.29, 0.717) is 0 Å². The quantitative estimate of drug-likeness (QED) is 0.881. The molecular formula is C13H13N3O4S. The van der Waals surface area contributed by atoms with Crippen LogP contribution in [0.3, 0.4) is 0 Å². The van der Waals surface area contributed by atoms with Gasteiger partial charge in [-0.05, 0) is 25.0 Å². The molecule has 0 radical (unpaired) electrons. The summed E-state index contributed by atoms with van der Waals surface area (Å²) in [5.41, 5.74) is 0. The molecule has 1 fully saturated rings. The molecule has 0 bridgehead atoms. The molecule has 2 aromatic rings. The van der Waals surface area contributed by atoms with E-state index in [0.717, 1.165) is 12.8 Å². The van der Waals surface area contributed by atoms with Crippen LogP contribution in [-0.4, -0.2) is 30.5 Å². The lowest BCUT2D eigenvalue weighted by Gasteiger charge is -2.00. The summed E-state index contributed by atoms with van der Waals surface area (Å²) in [4.78, 5) is 15.7. The van der Waals surface area contributed by atoms with Gasteiger partial charge in [0.05, 0.1) is 4.90 Å². The Balaban J connectivity index is 1.73. The minimum Gasteiger partial charge on any atom is -0.345 e. The zero-order valence-electron chi connectivity index (χ0n) is 11.0. The van der Waals surface area contributed by atoms with Crippen LogP contribution in [0.15, 0.2) is 39.8 Å². The van der Waals surface area contributed by atoms with Crippen molar-refractivity contribution in [2.45, 2.75) is 29.5 Å². The second-order valence-electron chi connectivity index (χ2n) is 4.84. The van der Waals surface area contributed by atoms with Crippen LogP contribution in [0.2, 0.25) is 0 Å². The van der Waals surface area contributed by atoms with Gasteiger partial charge in [0.1, 0.15) is 5.75 Å². The maximum absolute atomic E-state index is 12.1. The van der Waals surface area contributed by atoms with Gasteiger partial charge < -0.3 is 9.84 Å². The lowest BCUT2D eigenvalue weighted by molar-refractivity contribution is 0.0907. The maximum Gasteiger partial charge on any atom is 0.315 e. The Bertz CT molecular complexity index is 751. The summed E-state index contributed by atoms with van der Waals surface area (Å²) in [6.07, 6.45) is 1.88. The number of sulfone groups is 1. The molecule has 0 saturated heterocycles. The van der Waals surface area contributed by atoms with E-state index in [4.69, 9.17) is 4.52 Å². The van der Waals surface area contributed by atoms with Gasteiger partial charge in [-0.15, -0.1) is 0 Å². The third kappa shape index (κ3) is 3.27. The summed E-state index contributed by atoms with van der Waals surface area (Å²) in [7, 11) is -3.55. The number of nitrogens with one attached hydrogen (secondary N) is 1. The molecule has 110 valence electrons. The molecule has 8 heteroatoms. The molecule has 1 aromatic heterocycles. The van der Waals surface area contributed by atoms with Crippen LogP contribution in [0, 0.1) is 0 Å². The Morgan fingerprint density at radius 3 is 2.67 bits per heavy atom. The number of carbonyl (C=O) groups excluding carboxylic acids is 1. The van der Waals surface area contributed by atoms with Crippen molar-refractivity contribution in [2.75, 3.05) is 0 Å². The van der Waals surface area contributed by atoms with Gasteiger partial charge in [-0.2, -0.15) is 4.98 Å². The molecule has 1 aromatic carbocycles. The fourth-order valence-corrected chi connectivity index (χ4v) is 2.96. The SMILES string of the molecule is O=C(NC1CC1)c1nc(CS(=O)(=O)c2ccccc2)no1. The molecule has 1 N–H and O–H groups in total. The number of hydrogen-bond acceptors (Lipinski definition) is 6. The van der Waals surface area contributed by atoms with Crippen molar-refractivity contribution in [3.63, 3.8) is 0 Å². The van der Waals surface area contributed by atoms with Crippen molar-refractivity contribution in [2.24, 2.45) is 0 Å². The standard InChI is InChI=1S/C13H13N3O4S/c17-12(14-9-6-7-9)13-15-11(16-20-13)8-21(18,19)10-4-2-1-3-5-10/h1-5,9H,6-8H2,(H,14,17). The summed E-state index contributed by atoms with van der Waals surface area (Å²) < 4.78 is 29.1. The highest BCUT2D eigenvalue weighted by Crippen LogP contribution is 2.19. The van der Waals surface area contributed by atoms with E-state index in [1.54, 1.807) is 18.2 Å². The van der Waals surface area contributed by atoms with E-state index in [9.17, 15) is 13.2 Å². The number of benzene rings is 1. The fourth-order valence-electron chi connectivity index (χ4n) is 1.76. The minimum atomic E-state index is -3.55. The van der Waals surface area contributed by atoms with Crippen molar-refractivity contribution >= 4 is 15.7 Å². The monoisotopic (exact) mass is 307 g/mol. The van der Waals surface area contributed by atoms with E-state index >= 15 is 0 Å². The summed E-state index contributed by atoms with van der Waals surface area (Å²) in [5.74, 6) is -1.11. The Morgan fingerprint density at radius 2 is 2.00 bits per heavy atom. The van der Waals surface area contributed by atoms with Crippen LogP contribution in [0.25, 0.3) is 0 Å². The van der Waals surface area contributed by atoms with Gasteiger partial charge in [0.15, 0.2) is 15.7 Å². The molecule has 1 aliphatic carbocycles. The Kier molecular flexibility index (Phi) is 3.46. The highest BCUT2D eigenvalue weighted by atomic mass is 32.2. The van der Waals surface area contributed by atoms with Crippen LogP contribution in [0.5, 0.6) is 0 Å². The van der Waals surface area contributed by atoms with Crippen molar-refractivity contribution in [3.05, 3.63) is 42.0 Å². The van der Waals surface area contributed by atoms with E-state index < -0.39 is 21.5 Å². The summed E-state index contributed by atoms with van der Waals surface area (Å²) in [6.45, 7) is 0. The second-order valence-corrected chi connectivity index (χ2v) is 6.83. The van der Waals surface area contributed by atoms with Crippen LogP contribution >= 0.6 is 0 Å². The van der Waals surface area contributed by atoms with Gasteiger partial charge in [0.25, 0.3) is 0 Å². The first-order valence-corrected chi connectivity index (χ1v) is 8.11. The predicted molar refractivity (Wildman–Crippen MR) is 72.1 cm³/mol. The molecular weight excluding hydrogens is 294 g/mol. The van der Waals surface area contributed by atoms with Gasteiger partial charge in [-0.25, -0.2) is 8.42 Å². The average molecular weight is 307 g/mol. The highest BCUT2D eigenvalue weighted by molar-refractivity contribution is 7.90. The minimum absolute atomic E-state index is 0.0280. The third-order valence-corrected chi connectivity index (χ3v) is 4.62. The first-order chi connectivity index (χ1) is 10.0. The third-order valence-electron chi connectivity index (χ3n) is 3.00. The summed E-state index contributed by atoms with van der Waals surface area (Å²) in [5, 5.41) is 6.24. The molecule has 1 saturated carbocycles. The highest BCUT2D eigenvalue weighted by Gasteiger charge is 2.27. The van der Waals surface area contributed by atoms with E-state index in [1.807, 2.05) is 0 Å². The van der Waals surface area contributed by atoms with Crippen molar-refractivity contribution in [1.82, 2.24) is 15.5 Å². The van der Waals surface area contributed by atoms with Gasteiger partial charge in [-0.1, -0.05) is 23.4 Å². The van der Waals surface area contributed by atoms with Crippen LogP contribution in [0.4, 0.5) is 0 Å². The molecule has 1 aliphatic rings. The van der Waals surface area contributed by atoms with Crippen molar-refractivity contribution < 1.29 is 17.7 Å². The van der Waals surface area contributed by atoms with E-state index in [2.05, 4.69) is 15.5 Å². The number of amides is 1. The molecule has 0 unspecified atom stereocenters. The summed E-state index contributed by atoms with van der Waals surface area (Å²) in [6, 6.07) is 8.16. The molecule has 0 atom stereocenters. The number of nitrogens with zero attached hydrogens (tertiary/aromatic N) is 2. The molecule has 21 heavy (non-hydrogen) atoms.